The van der Waals surface area contributed by atoms with Crippen LogP contribution in [0.2, 0.25) is 4.34 Å². The third-order valence-corrected chi connectivity index (χ3v) is 8.09. The number of halogens is 1. The summed E-state index contributed by atoms with van der Waals surface area (Å²) in [5.74, 6) is 0.509. The summed E-state index contributed by atoms with van der Waals surface area (Å²) in [6, 6.07) is 13.7. The number of urea groups is 1. The summed E-state index contributed by atoms with van der Waals surface area (Å²) < 4.78 is 28.2. The van der Waals surface area contributed by atoms with Gasteiger partial charge in [0.2, 0.25) is 0 Å². The number of hydrogen-bond acceptors (Lipinski definition) is 7. The average Bonchev–Trinajstić information content (AvgIpc) is 3.25. The Bertz CT molecular complexity index is 1560. The predicted molar refractivity (Wildman–Crippen MR) is 140 cm³/mol. The number of thiophene rings is 1. The topological polar surface area (TPSA) is 122 Å². The molecule has 0 aliphatic carbocycles. The molecule has 3 N–H and O–H groups in total. The van der Waals surface area contributed by atoms with Crippen molar-refractivity contribution in [2.45, 2.75) is 24.5 Å². The van der Waals surface area contributed by atoms with E-state index in [0.717, 1.165) is 30.0 Å². The zero-order valence-corrected chi connectivity index (χ0v) is 21.2. The van der Waals surface area contributed by atoms with Crippen molar-refractivity contribution in [3.63, 3.8) is 0 Å². The molecule has 0 atom stereocenters. The van der Waals surface area contributed by atoms with Crippen molar-refractivity contribution >= 4 is 61.3 Å². The first-order valence-electron chi connectivity index (χ1n) is 10.6. The molecule has 0 aliphatic heterocycles. The third kappa shape index (κ3) is 5.47. The average molecular weight is 532 g/mol. The maximum absolute atomic E-state index is 13.2. The van der Waals surface area contributed by atoms with Crippen molar-refractivity contribution in [2.75, 3.05) is 17.2 Å². The molecule has 0 fully saturated rings. The Morgan fingerprint density at radius 1 is 1.09 bits per heavy atom. The second kappa shape index (κ2) is 10.1. The first-order valence-corrected chi connectivity index (χ1v) is 13.3. The molecule has 0 unspecified atom stereocenters. The maximum atomic E-state index is 13.2. The number of fused-ring (bicyclic) bond motifs is 1. The highest BCUT2D eigenvalue weighted by atomic mass is 35.5. The Balaban J connectivity index is 1.53. The minimum absolute atomic E-state index is 0.0695. The molecule has 182 valence electrons. The number of hydrogen-bond donors (Lipinski definition) is 3. The van der Waals surface area contributed by atoms with E-state index in [0.29, 0.717) is 32.4 Å². The first kappa shape index (κ1) is 24.7. The monoisotopic (exact) mass is 531 g/mol. The quantitative estimate of drug-likeness (QED) is 0.316. The Morgan fingerprint density at radius 2 is 1.80 bits per heavy atom. The predicted octanol–water partition coefficient (Wildman–Crippen LogP) is 4.74. The lowest BCUT2D eigenvalue weighted by atomic mass is 10.2. The van der Waals surface area contributed by atoms with Crippen molar-refractivity contribution in [3.05, 3.63) is 75.1 Å². The Morgan fingerprint density at radius 3 is 2.46 bits per heavy atom. The highest BCUT2D eigenvalue weighted by molar-refractivity contribution is 7.92. The van der Waals surface area contributed by atoms with Crippen LogP contribution in [0.1, 0.15) is 19.2 Å². The number of amides is 2. The minimum atomic E-state index is -4.04. The molecule has 4 aromatic rings. The van der Waals surface area contributed by atoms with Gasteiger partial charge in [0.1, 0.15) is 10.0 Å². The van der Waals surface area contributed by atoms with Crippen LogP contribution in [-0.4, -0.2) is 30.5 Å². The smallest absolute Gasteiger partial charge is 0.333 e. The number of aromatic nitrogens is 2. The van der Waals surface area contributed by atoms with Crippen LogP contribution in [0.5, 0.6) is 0 Å². The standard InChI is InChI=1S/C23H22ClN5O4S2/c1-3-12-25-16-6-9-18-19(13-16)26-14(2)29(22(18)30)17-7-4-15(5-8-17)27-23(31)28-35(32,33)21-11-10-20(24)34-21/h4-11,13,25H,3,12H2,1-2H3,(H2,27,28,31). The molecule has 0 saturated heterocycles. The van der Waals surface area contributed by atoms with Gasteiger partial charge in [-0.3, -0.25) is 9.36 Å². The van der Waals surface area contributed by atoms with Crippen LogP contribution in [0, 0.1) is 6.92 Å². The number of carbonyl (C=O) groups is 1. The van der Waals surface area contributed by atoms with E-state index in [1.165, 1.54) is 16.7 Å². The highest BCUT2D eigenvalue weighted by Crippen LogP contribution is 2.25. The second-order valence-corrected chi connectivity index (χ2v) is 11.2. The summed E-state index contributed by atoms with van der Waals surface area (Å²) in [4.78, 5) is 30.0. The molecule has 2 aromatic heterocycles. The fourth-order valence-electron chi connectivity index (χ4n) is 3.45. The summed E-state index contributed by atoms with van der Waals surface area (Å²) >= 11 is 6.61. The highest BCUT2D eigenvalue weighted by Gasteiger charge is 2.20. The number of nitrogens with zero attached hydrogens (tertiary/aromatic N) is 2. The molecular formula is C23H22ClN5O4S2. The van der Waals surface area contributed by atoms with E-state index < -0.39 is 16.1 Å². The van der Waals surface area contributed by atoms with Crippen LogP contribution in [-0.2, 0) is 10.0 Å². The van der Waals surface area contributed by atoms with Crippen LogP contribution >= 0.6 is 22.9 Å². The van der Waals surface area contributed by atoms with E-state index in [1.807, 2.05) is 16.9 Å². The molecule has 0 aliphatic rings. The van der Waals surface area contributed by atoms with Gasteiger partial charge in [-0.15, -0.1) is 11.3 Å². The Hall–Kier alpha value is -3.41. The van der Waals surface area contributed by atoms with Gasteiger partial charge in [-0.05, 0) is 67.9 Å². The van der Waals surface area contributed by atoms with Gasteiger partial charge in [-0.25, -0.2) is 22.9 Å². The summed E-state index contributed by atoms with van der Waals surface area (Å²) in [5.41, 5.74) is 2.20. The minimum Gasteiger partial charge on any atom is -0.385 e. The summed E-state index contributed by atoms with van der Waals surface area (Å²) in [6.45, 7) is 4.65. The van der Waals surface area contributed by atoms with E-state index >= 15 is 0 Å². The van der Waals surface area contributed by atoms with E-state index in [9.17, 15) is 18.0 Å². The van der Waals surface area contributed by atoms with Crippen molar-refractivity contribution in [3.8, 4) is 5.69 Å². The van der Waals surface area contributed by atoms with Crippen LogP contribution in [0.25, 0.3) is 16.6 Å². The van der Waals surface area contributed by atoms with Gasteiger partial charge in [-0.1, -0.05) is 18.5 Å². The largest absolute Gasteiger partial charge is 0.385 e. The van der Waals surface area contributed by atoms with Crippen LogP contribution < -0.4 is 20.9 Å². The van der Waals surface area contributed by atoms with E-state index in [4.69, 9.17) is 11.6 Å². The van der Waals surface area contributed by atoms with Gasteiger partial charge in [-0.2, -0.15) is 0 Å². The van der Waals surface area contributed by atoms with Gasteiger partial charge in [0.25, 0.3) is 15.6 Å². The summed E-state index contributed by atoms with van der Waals surface area (Å²) in [6.07, 6.45) is 0.984. The molecule has 0 radical (unpaired) electrons. The fourth-order valence-corrected chi connectivity index (χ4v) is 5.84. The zero-order valence-electron chi connectivity index (χ0n) is 18.8. The number of anilines is 2. The molecule has 35 heavy (non-hydrogen) atoms. The Labute approximate surface area is 210 Å². The number of carbonyl (C=O) groups excluding carboxylic acids is 1. The van der Waals surface area contributed by atoms with Gasteiger partial charge < -0.3 is 10.6 Å². The van der Waals surface area contributed by atoms with Gasteiger partial charge in [0, 0.05) is 17.9 Å². The normalized spacial score (nSPS) is 11.4. The fraction of sp³-hybridized carbons (Fsp3) is 0.174. The molecule has 2 aromatic carbocycles. The van der Waals surface area contributed by atoms with Crippen LogP contribution in [0.4, 0.5) is 16.2 Å². The molecule has 9 nitrogen and oxygen atoms in total. The third-order valence-electron chi connectivity index (χ3n) is 5.04. The number of sulfonamides is 1. The maximum Gasteiger partial charge on any atom is 0.333 e. The lowest BCUT2D eigenvalue weighted by Crippen LogP contribution is -2.33. The molecule has 2 amide bonds. The van der Waals surface area contributed by atoms with Crippen molar-refractivity contribution in [1.29, 1.82) is 0 Å². The van der Waals surface area contributed by atoms with Crippen LogP contribution in [0.15, 0.2) is 63.6 Å². The van der Waals surface area contributed by atoms with Crippen molar-refractivity contribution < 1.29 is 13.2 Å². The lowest BCUT2D eigenvalue weighted by Gasteiger charge is -2.13. The molecule has 2 heterocycles. The first-order chi connectivity index (χ1) is 16.7. The summed E-state index contributed by atoms with van der Waals surface area (Å²) in [5, 5.41) is 6.24. The van der Waals surface area contributed by atoms with Gasteiger partial charge in [0.15, 0.2) is 0 Å². The van der Waals surface area contributed by atoms with Gasteiger partial charge in [0.05, 0.1) is 20.9 Å². The molecule has 0 bridgehead atoms. The molecule has 0 saturated carbocycles. The van der Waals surface area contributed by atoms with Crippen LogP contribution in [0.3, 0.4) is 0 Å². The number of benzene rings is 2. The zero-order chi connectivity index (χ0) is 25.2. The SMILES string of the molecule is CCCNc1ccc2c(=O)n(-c3ccc(NC(=O)NS(=O)(=O)c4ccc(Cl)s4)cc3)c(C)nc2c1. The number of rotatable bonds is 7. The van der Waals surface area contributed by atoms with E-state index in [2.05, 4.69) is 22.5 Å². The molecular weight excluding hydrogens is 510 g/mol. The summed E-state index contributed by atoms with van der Waals surface area (Å²) in [7, 11) is -4.04. The number of aryl methyl sites for hydroxylation is 1. The van der Waals surface area contributed by atoms with Gasteiger partial charge >= 0.3 is 6.03 Å². The molecule has 4 rings (SSSR count). The van der Waals surface area contributed by atoms with E-state index in [-0.39, 0.29) is 9.77 Å². The second-order valence-electron chi connectivity index (χ2n) is 7.62. The molecule has 12 heteroatoms. The van der Waals surface area contributed by atoms with E-state index in [1.54, 1.807) is 37.3 Å². The molecule has 0 spiro atoms. The van der Waals surface area contributed by atoms with Crippen molar-refractivity contribution in [1.82, 2.24) is 14.3 Å². The lowest BCUT2D eigenvalue weighted by molar-refractivity contribution is 0.256. The Kier molecular flexibility index (Phi) is 7.10. The van der Waals surface area contributed by atoms with Crippen molar-refractivity contribution in [2.24, 2.45) is 0 Å². The number of nitrogens with one attached hydrogen (secondary N) is 3.